The number of hydrogen-bond donors (Lipinski definition) is 2. The maximum atomic E-state index is 6.19. The quantitative estimate of drug-likeness (QED) is 0.775. The standard InChI is InChI=1S/C11H18N4/c12-11(6-3-7-11)10-13-9(14-15-10)8-4-1-2-5-8/h8H,1-7,12H2,(H,13,14,15). The van der Waals surface area contributed by atoms with Gasteiger partial charge in [0.2, 0.25) is 0 Å². The molecule has 1 aromatic rings. The molecule has 15 heavy (non-hydrogen) atoms. The van der Waals surface area contributed by atoms with E-state index < -0.39 is 0 Å². The van der Waals surface area contributed by atoms with Crippen molar-refractivity contribution in [1.29, 1.82) is 0 Å². The summed E-state index contributed by atoms with van der Waals surface area (Å²) in [4.78, 5) is 4.59. The summed E-state index contributed by atoms with van der Waals surface area (Å²) in [6, 6.07) is 0. The first-order valence-corrected chi connectivity index (χ1v) is 6.00. The first kappa shape index (κ1) is 9.33. The minimum atomic E-state index is -0.215. The Labute approximate surface area is 89.7 Å². The zero-order chi connectivity index (χ0) is 10.3. The van der Waals surface area contributed by atoms with Crippen molar-refractivity contribution in [3.63, 3.8) is 0 Å². The van der Waals surface area contributed by atoms with Crippen LogP contribution in [0.4, 0.5) is 0 Å². The molecule has 4 nitrogen and oxygen atoms in total. The van der Waals surface area contributed by atoms with Gasteiger partial charge < -0.3 is 5.73 Å². The van der Waals surface area contributed by atoms with Gasteiger partial charge in [0.1, 0.15) is 5.82 Å². The Kier molecular flexibility index (Phi) is 2.06. The lowest BCUT2D eigenvalue weighted by molar-refractivity contribution is 0.239. The average molecular weight is 206 g/mol. The minimum Gasteiger partial charge on any atom is -0.319 e. The monoisotopic (exact) mass is 206 g/mol. The summed E-state index contributed by atoms with van der Waals surface area (Å²) in [7, 11) is 0. The smallest absolute Gasteiger partial charge is 0.170 e. The summed E-state index contributed by atoms with van der Waals surface area (Å²) < 4.78 is 0. The van der Waals surface area contributed by atoms with Gasteiger partial charge in [0, 0.05) is 5.92 Å². The fourth-order valence-electron chi connectivity index (χ4n) is 2.66. The molecule has 0 unspecified atom stereocenters. The molecule has 0 aromatic carbocycles. The van der Waals surface area contributed by atoms with Crippen LogP contribution >= 0.6 is 0 Å². The van der Waals surface area contributed by atoms with Gasteiger partial charge in [-0.1, -0.05) is 12.8 Å². The molecule has 0 aliphatic heterocycles. The zero-order valence-corrected chi connectivity index (χ0v) is 9.00. The third kappa shape index (κ3) is 1.47. The summed E-state index contributed by atoms with van der Waals surface area (Å²) in [5.41, 5.74) is 5.98. The molecular weight excluding hydrogens is 188 g/mol. The predicted octanol–water partition coefficient (Wildman–Crippen LogP) is 1.80. The molecule has 2 aliphatic rings. The highest BCUT2D eigenvalue weighted by Gasteiger charge is 2.38. The third-order valence-corrected chi connectivity index (χ3v) is 3.94. The normalized spacial score (nSPS) is 25.4. The Morgan fingerprint density at radius 3 is 2.53 bits per heavy atom. The first-order valence-electron chi connectivity index (χ1n) is 6.00. The second-order valence-corrected chi connectivity index (χ2v) is 5.04. The molecule has 2 aliphatic carbocycles. The van der Waals surface area contributed by atoms with E-state index in [2.05, 4.69) is 15.2 Å². The van der Waals surface area contributed by atoms with Crippen molar-refractivity contribution >= 4 is 0 Å². The van der Waals surface area contributed by atoms with Crippen molar-refractivity contribution in [2.75, 3.05) is 0 Å². The van der Waals surface area contributed by atoms with Gasteiger partial charge in [-0.15, -0.1) is 0 Å². The molecule has 0 bridgehead atoms. The number of hydrogen-bond acceptors (Lipinski definition) is 3. The summed E-state index contributed by atoms with van der Waals surface area (Å²) in [5.74, 6) is 2.52. The van der Waals surface area contributed by atoms with Crippen molar-refractivity contribution in [2.24, 2.45) is 5.73 Å². The van der Waals surface area contributed by atoms with Crippen molar-refractivity contribution < 1.29 is 0 Å². The van der Waals surface area contributed by atoms with E-state index in [4.69, 9.17) is 5.73 Å². The molecule has 2 saturated carbocycles. The zero-order valence-electron chi connectivity index (χ0n) is 9.00. The molecule has 0 saturated heterocycles. The molecule has 2 fully saturated rings. The van der Waals surface area contributed by atoms with Crippen LogP contribution in [0, 0.1) is 0 Å². The van der Waals surface area contributed by atoms with Crippen molar-refractivity contribution in [1.82, 2.24) is 15.2 Å². The highest BCUT2D eigenvalue weighted by atomic mass is 15.2. The van der Waals surface area contributed by atoms with Crippen LogP contribution in [-0.2, 0) is 5.54 Å². The molecule has 0 amide bonds. The van der Waals surface area contributed by atoms with Crippen LogP contribution in [0.15, 0.2) is 0 Å². The average Bonchev–Trinajstić information content (AvgIpc) is 2.84. The second-order valence-electron chi connectivity index (χ2n) is 5.04. The summed E-state index contributed by atoms with van der Waals surface area (Å²) in [6.07, 6.45) is 8.45. The Morgan fingerprint density at radius 2 is 1.93 bits per heavy atom. The number of nitrogens with zero attached hydrogens (tertiary/aromatic N) is 2. The number of H-pyrrole nitrogens is 1. The largest absolute Gasteiger partial charge is 0.319 e. The van der Waals surface area contributed by atoms with Crippen molar-refractivity contribution in [3.05, 3.63) is 11.6 Å². The topological polar surface area (TPSA) is 67.6 Å². The summed E-state index contributed by atoms with van der Waals surface area (Å²) >= 11 is 0. The summed E-state index contributed by atoms with van der Waals surface area (Å²) in [5, 5.41) is 7.37. The maximum absolute atomic E-state index is 6.19. The van der Waals surface area contributed by atoms with Crippen molar-refractivity contribution in [3.8, 4) is 0 Å². The molecule has 4 heteroatoms. The van der Waals surface area contributed by atoms with Crippen LogP contribution in [0.1, 0.15) is 62.5 Å². The number of nitrogens with two attached hydrogens (primary N) is 1. The Balaban J connectivity index is 1.80. The maximum Gasteiger partial charge on any atom is 0.170 e. The second kappa shape index (κ2) is 3.30. The number of aromatic nitrogens is 3. The third-order valence-electron chi connectivity index (χ3n) is 3.94. The number of nitrogens with one attached hydrogen (secondary N) is 1. The molecule has 3 rings (SSSR count). The first-order chi connectivity index (χ1) is 7.28. The molecule has 0 atom stereocenters. The van der Waals surface area contributed by atoms with Crippen molar-refractivity contribution in [2.45, 2.75) is 56.4 Å². The highest BCUT2D eigenvalue weighted by molar-refractivity contribution is 5.11. The Hall–Kier alpha value is -0.900. The molecule has 0 spiro atoms. The van der Waals surface area contributed by atoms with Gasteiger partial charge in [-0.25, -0.2) is 4.98 Å². The van der Waals surface area contributed by atoms with E-state index in [0.717, 1.165) is 24.5 Å². The fraction of sp³-hybridized carbons (Fsp3) is 0.818. The van der Waals surface area contributed by atoms with Gasteiger partial charge >= 0.3 is 0 Å². The van der Waals surface area contributed by atoms with Crippen LogP contribution in [0.5, 0.6) is 0 Å². The molecule has 1 aromatic heterocycles. The Bertz CT molecular complexity index is 347. The van der Waals surface area contributed by atoms with E-state index >= 15 is 0 Å². The minimum absolute atomic E-state index is 0.215. The van der Waals surface area contributed by atoms with Crippen LogP contribution in [-0.4, -0.2) is 15.2 Å². The van der Waals surface area contributed by atoms with Gasteiger partial charge in [0.25, 0.3) is 0 Å². The number of rotatable bonds is 2. The lowest BCUT2D eigenvalue weighted by Gasteiger charge is -2.34. The predicted molar refractivity (Wildman–Crippen MR) is 57.3 cm³/mol. The van der Waals surface area contributed by atoms with Crippen LogP contribution < -0.4 is 5.73 Å². The molecular formula is C11H18N4. The molecule has 82 valence electrons. The fourth-order valence-corrected chi connectivity index (χ4v) is 2.66. The van der Waals surface area contributed by atoms with Crippen LogP contribution in [0.25, 0.3) is 0 Å². The van der Waals surface area contributed by atoms with Gasteiger partial charge in [0.15, 0.2) is 5.82 Å². The molecule has 0 radical (unpaired) electrons. The highest BCUT2D eigenvalue weighted by Crippen LogP contribution is 2.38. The lowest BCUT2D eigenvalue weighted by atomic mass is 9.77. The molecule has 1 heterocycles. The molecule has 3 N–H and O–H groups in total. The van der Waals surface area contributed by atoms with E-state index in [9.17, 15) is 0 Å². The van der Waals surface area contributed by atoms with E-state index in [1.54, 1.807) is 0 Å². The van der Waals surface area contributed by atoms with E-state index in [-0.39, 0.29) is 5.54 Å². The van der Waals surface area contributed by atoms with E-state index in [1.165, 1.54) is 32.1 Å². The van der Waals surface area contributed by atoms with Gasteiger partial charge in [-0.3, -0.25) is 5.10 Å². The van der Waals surface area contributed by atoms with E-state index in [0.29, 0.717) is 5.92 Å². The van der Waals surface area contributed by atoms with Gasteiger partial charge in [-0.2, -0.15) is 5.10 Å². The van der Waals surface area contributed by atoms with Crippen LogP contribution in [0.3, 0.4) is 0 Å². The summed E-state index contributed by atoms with van der Waals surface area (Å²) in [6.45, 7) is 0. The van der Waals surface area contributed by atoms with Gasteiger partial charge in [0.05, 0.1) is 5.54 Å². The number of aromatic amines is 1. The Morgan fingerprint density at radius 1 is 1.20 bits per heavy atom. The van der Waals surface area contributed by atoms with Gasteiger partial charge in [-0.05, 0) is 32.1 Å². The van der Waals surface area contributed by atoms with E-state index in [1.807, 2.05) is 0 Å². The van der Waals surface area contributed by atoms with Crippen LogP contribution in [0.2, 0.25) is 0 Å². The lowest BCUT2D eigenvalue weighted by Crippen LogP contribution is -2.44. The SMILES string of the molecule is NC1(c2n[nH]c(C3CCCC3)n2)CCC1.